The van der Waals surface area contributed by atoms with Crippen molar-refractivity contribution in [3.63, 3.8) is 0 Å². The highest BCUT2D eigenvalue weighted by Crippen LogP contribution is 2.37. The van der Waals surface area contributed by atoms with Gasteiger partial charge in [0.15, 0.2) is 0 Å². The van der Waals surface area contributed by atoms with Gasteiger partial charge in [0.2, 0.25) is 0 Å². The van der Waals surface area contributed by atoms with Gasteiger partial charge in [-0.05, 0) is 73.4 Å². The summed E-state index contributed by atoms with van der Waals surface area (Å²) in [5.74, 6) is 0.460. The second-order valence-electron chi connectivity index (χ2n) is 7.47. The summed E-state index contributed by atoms with van der Waals surface area (Å²) in [4.78, 5) is 12.0. The lowest BCUT2D eigenvalue weighted by Crippen LogP contribution is -2.47. The normalized spacial score (nSPS) is 18.8. The fraction of sp³-hybridized carbons (Fsp3) is 0.409. The van der Waals surface area contributed by atoms with Gasteiger partial charge in [-0.25, -0.2) is 4.79 Å². The number of hydrogen-bond acceptors (Lipinski definition) is 1. The second-order valence-corrected chi connectivity index (χ2v) is 7.91. The van der Waals surface area contributed by atoms with Crippen molar-refractivity contribution >= 4 is 17.6 Å². The summed E-state index contributed by atoms with van der Waals surface area (Å²) in [6.45, 7) is 0.541. The number of nitrogens with one attached hydrogen (secondary N) is 2. The Morgan fingerprint density at radius 1 is 1.00 bits per heavy atom. The number of unbranched alkanes of at least 4 members (excludes halogenated alkanes) is 1. The fourth-order valence-electron chi connectivity index (χ4n) is 3.50. The molecule has 2 aromatic rings. The Labute approximate surface area is 173 Å². The van der Waals surface area contributed by atoms with Gasteiger partial charge in [0.05, 0.1) is 5.56 Å². The van der Waals surface area contributed by atoms with Gasteiger partial charge in [-0.3, -0.25) is 0 Å². The molecule has 2 N–H and O–H groups in total. The highest BCUT2D eigenvalue weighted by Gasteiger charge is 2.31. The summed E-state index contributed by atoms with van der Waals surface area (Å²) in [5.41, 5.74) is 1.48. The van der Waals surface area contributed by atoms with E-state index >= 15 is 0 Å². The average molecular weight is 425 g/mol. The molecule has 156 valence electrons. The first-order valence-corrected chi connectivity index (χ1v) is 10.1. The predicted octanol–water partition coefficient (Wildman–Crippen LogP) is 5.93. The number of carbonyl (C=O) groups excluding carboxylic acids is 1. The summed E-state index contributed by atoms with van der Waals surface area (Å²) in [6.07, 6.45) is -0.204. The molecule has 0 unspecified atom stereocenters. The molecule has 0 aliphatic heterocycles. The molecule has 1 fully saturated rings. The van der Waals surface area contributed by atoms with Crippen LogP contribution in [0.3, 0.4) is 0 Å². The van der Waals surface area contributed by atoms with Gasteiger partial charge in [0.1, 0.15) is 0 Å². The van der Waals surface area contributed by atoms with E-state index in [2.05, 4.69) is 10.6 Å². The molecule has 0 spiro atoms. The van der Waals surface area contributed by atoms with Crippen LogP contribution in [0.2, 0.25) is 5.02 Å². The summed E-state index contributed by atoms with van der Waals surface area (Å²) in [7, 11) is 0. The molecule has 29 heavy (non-hydrogen) atoms. The third-order valence-corrected chi connectivity index (χ3v) is 5.53. The van der Waals surface area contributed by atoms with E-state index in [1.807, 2.05) is 24.3 Å². The third-order valence-electron chi connectivity index (χ3n) is 5.27. The van der Waals surface area contributed by atoms with Crippen molar-refractivity contribution in [2.45, 2.75) is 50.2 Å². The predicted molar refractivity (Wildman–Crippen MR) is 108 cm³/mol. The van der Waals surface area contributed by atoms with E-state index in [-0.39, 0.29) is 12.1 Å². The molecule has 2 aromatic carbocycles. The largest absolute Gasteiger partial charge is 0.416 e. The van der Waals surface area contributed by atoms with Crippen molar-refractivity contribution in [3.05, 3.63) is 70.2 Å². The molecule has 0 heterocycles. The molecule has 0 radical (unpaired) electrons. The lowest BCUT2D eigenvalue weighted by Gasteiger charge is -2.36. The van der Waals surface area contributed by atoms with Crippen LogP contribution >= 0.6 is 11.6 Å². The zero-order valence-electron chi connectivity index (χ0n) is 15.9. The lowest BCUT2D eigenvalue weighted by atomic mass is 9.76. The molecule has 1 aliphatic carbocycles. The Kier molecular flexibility index (Phi) is 7.06. The Morgan fingerprint density at radius 3 is 2.28 bits per heavy atom. The first-order chi connectivity index (χ1) is 13.8. The molecular weight excluding hydrogens is 401 g/mol. The first-order valence-electron chi connectivity index (χ1n) is 9.77. The minimum atomic E-state index is -4.30. The van der Waals surface area contributed by atoms with Gasteiger partial charge < -0.3 is 10.6 Å². The summed E-state index contributed by atoms with van der Waals surface area (Å²) < 4.78 is 37.6. The first kappa shape index (κ1) is 21.5. The Bertz CT molecular complexity index is 800. The quantitative estimate of drug-likeness (QED) is 0.531. The Morgan fingerprint density at radius 2 is 1.66 bits per heavy atom. The van der Waals surface area contributed by atoms with Crippen LogP contribution in [0.5, 0.6) is 0 Å². The van der Waals surface area contributed by atoms with Gasteiger partial charge >= 0.3 is 12.2 Å². The van der Waals surface area contributed by atoms with Crippen LogP contribution in [0, 0.1) is 0 Å². The summed E-state index contributed by atoms with van der Waals surface area (Å²) >= 11 is 5.90. The van der Waals surface area contributed by atoms with E-state index in [1.165, 1.54) is 17.7 Å². The highest BCUT2D eigenvalue weighted by molar-refractivity contribution is 6.30. The molecule has 3 rings (SSSR count). The number of aryl methyl sites for hydroxylation is 1. The molecule has 7 heteroatoms. The standard InChI is InChI=1S/C22H24ClF3N2O/c23-19-10-6-16(7-11-19)17-13-20(14-17)28-21(29)27-12-2-1-3-15-4-8-18(9-5-15)22(24,25)26/h4-11,17,20H,1-3,12-14H2,(H2,27,28,29). The van der Waals surface area contributed by atoms with Crippen LogP contribution in [-0.2, 0) is 12.6 Å². The lowest BCUT2D eigenvalue weighted by molar-refractivity contribution is -0.137. The summed E-state index contributed by atoms with van der Waals surface area (Å²) in [5, 5.41) is 6.54. The number of halogens is 4. The maximum absolute atomic E-state index is 12.5. The van der Waals surface area contributed by atoms with Gasteiger partial charge in [-0.1, -0.05) is 35.9 Å². The van der Waals surface area contributed by atoms with Crippen LogP contribution in [-0.4, -0.2) is 18.6 Å². The molecule has 0 saturated heterocycles. The smallest absolute Gasteiger partial charge is 0.338 e. The van der Waals surface area contributed by atoms with Gasteiger partial charge in [-0.15, -0.1) is 0 Å². The van der Waals surface area contributed by atoms with E-state index in [9.17, 15) is 18.0 Å². The SMILES string of the molecule is O=C(NCCCCc1ccc(C(F)(F)F)cc1)NC1CC(c2ccc(Cl)cc2)C1. The maximum Gasteiger partial charge on any atom is 0.416 e. The molecule has 1 saturated carbocycles. The van der Waals surface area contributed by atoms with Gasteiger partial charge in [-0.2, -0.15) is 13.2 Å². The monoisotopic (exact) mass is 424 g/mol. The number of urea groups is 1. The zero-order valence-corrected chi connectivity index (χ0v) is 16.7. The third kappa shape index (κ3) is 6.39. The molecular formula is C22H24ClF3N2O. The van der Waals surface area contributed by atoms with E-state index in [4.69, 9.17) is 11.6 Å². The number of hydrogen-bond donors (Lipinski definition) is 2. The molecule has 3 nitrogen and oxygen atoms in total. The Balaban J connectivity index is 1.27. The molecule has 1 aliphatic rings. The molecule has 0 bridgehead atoms. The van der Waals surface area contributed by atoms with Crippen LogP contribution in [0.4, 0.5) is 18.0 Å². The van der Waals surface area contributed by atoms with E-state index < -0.39 is 11.7 Å². The number of rotatable bonds is 7. The van der Waals surface area contributed by atoms with Crippen molar-refractivity contribution in [2.75, 3.05) is 6.54 Å². The topological polar surface area (TPSA) is 41.1 Å². The fourth-order valence-corrected chi connectivity index (χ4v) is 3.62. The number of carbonyl (C=O) groups is 1. The zero-order chi connectivity index (χ0) is 20.9. The Hall–Kier alpha value is -2.21. The van der Waals surface area contributed by atoms with Crippen LogP contribution < -0.4 is 10.6 Å². The molecule has 2 amide bonds. The van der Waals surface area contributed by atoms with E-state index in [1.54, 1.807) is 0 Å². The number of amides is 2. The van der Waals surface area contributed by atoms with Crippen molar-refractivity contribution in [2.24, 2.45) is 0 Å². The number of alkyl halides is 3. The van der Waals surface area contributed by atoms with Crippen molar-refractivity contribution in [3.8, 4) is 0 Å². The van der Waals surface area contributed by atoms with Crippen LogP contribution in [0.25, 0.3) is 0 Å². The summed E-state index contributed by atoms with van der Waals surface area (Å²) in [6, 6.07) is 13.1. The second kappa shape index (κ2) is 9.53. The van der Waals surface area contributed by atoms with Gasteiger partial charge in [0, 0.05) is 17.6 Å². The minimum absolute atomic E-state index is 0.168. The molecule has 0 aromatic heterocycles. The minimum Gasteiger partial charge on any atom is -0.338 e. The van der Waals surface area contributed by atoms with E-state index in [0.29, 0.717) is 18.9 Å². The van der Waals surface area contributed by atoms with Gasteiger partial charge in [0.25, 0.3) is 0 Å². The van der Waals surface area contributed by atoms with Crippen molar-refractivity contribution in [1.82, 2.24) is 10.6 Å². The van der Waals surface area contributed by atoms with E-state index in [0.717, 1.165) is 48.4 Å². The maximum atomic E-state index is 12.5. The van der Waals surface area contributed by atoms with Crippen LogP contribution in [0.15, 0.2) is 48.5 Å². The molecule has 0 atom stereocenters. The highest BCUT2D eigenvalue weighted by atomic mass is 35.5. The van der Waals surface area contributed by atoms with Crippen LogP contribution in [0.1, 0.15) is 48.3 Å². The average Bonchev–Trinajstić information content (AvgIpc) is 2.65. The van der Waals surface area contributed by atoms with Crippen molar-refractivity contribution in [1.29, 1.82) is 0 Å². The van der Waals surface area contributed by atoms with Crippen molar-refractivity contribution < 1.29 is 18.0 Å². The number of benzene rings is 2.